The molecule has 0 unspecified atom stereocenters. The van der Waals surface area contributed by atoms with Crippen molar-refractivity contribution in [2.24, 2.45) is 5.41 Å². The van der Waals surface area contributed by atoms with Crippen LogP contribution in [0.3, 0.4) is 0 Å². The van der Waals surface area contributed by atoms with E-state index in [9.17, 15) is 0 Å². The summed E-state index contributed by atoms with van der Waals surface area (Å²) in [7, 11) is 0. The second-order valence-electron chi connectivity index (χ2n) is 4.86. The lowest BCUT2D eigenvalue weighted by molar-refractivity contribution is -0.0505. The molecule has 1 N–H and O–H groups in total. The summed E-state index contributed by atoms with van der Waals surface area (Å²) in [6, 6.07) is 1.52. The highest BCUT2D eigenvalue weighted by molar-refractivity contribution is 5.03. The van der Waals surface area contributed by atoms with Crippen LogP contribution in [0.15, 0.2) is 0 Å². The van der Waals surface area contributed by atoms with Crippen molar-refractivity contribution in [3.05, 3.63) is 0 Å². The van der Waals surface area contributed by atoms with Crippen LogP contribution in [0.25, 0.3) is 0 Å². The number of ether oxygens (including phenoxy) is 1. The van der Waals surface area contributed by atoms with Gasteiger partial charge in [0.1, 0.15) is 0 Å². The molecule has 0 radical (unpaired) electrons. The van der Waals surface area contributed by atoms with Gasteiger partial charge in [0.05, 0.1) is 19.3 Å². The number of hydrogen-bond acceptors (Lipinski definition) is 2. The summed E-state index contributed by atoms with van der Waals surface area (Å²) in [5.41, 5.74) is 0.822. The van der Waals surface area contributed by atoms with Crippen molar-refractivity contribution in [1.82, 2.24) is 5.32 Å². The molecule has 2 heteroatoms. The molecule has 2 nitrogen and oxygen atoms in total. The van der Waals surface area contributed by atoms with E-state index in [2.05, 4.69) is 5.32 Å². The number of nitrogens with one attached hydrogen (secondary N) is 1. The SMILES string of the molecule is C1CC2(C1)CC(NC1COC1)C2. The van der Waals surface area contributed by atoms with Gasteiger partial charge < -0.3 is 10.1 Å². The number of rotatable bonds is 2. The van der Waals surface area contributed by atoms with Crippen LogP contribution in [0.2, 0.25) is 0 Å². The van der Waals surface area contributed by atoms with Crippen LogP contribution in [0.1, 0.15) is 32.1 Å². The Balaban J connectivity index is 1.43. The highest BCUT2D eigenvalue weighted by atomic mass is 16.5. The second-order valence-corrected chi connectivity index (χ2v) is 4.86. The fourth-order valence-corrected chi connectivity index (χ4v) is 2.85. The van der Waals surface area contributed by atoms with Crippen LogP contribution in [-0.2, 0) is 4.74 Å². The quantitative estimate of drug-likeness (QED) is 0.669. The first-order chi connectivity index (χ1) is 5.86. The van der Waals surface area contributed by atoms with Gasteiger partial charge in [-0.15, -0.1) is 0 Å². The van der Waals surface area contributed by atoms with Gasteiger partial charge in [-0.05, 0) is 31.1 Å². The predicted octanol–water partition coefficient (Wildman–Crippen LogP) is 1.31. The summed E-state index contributed by atoms with van der Waals surface area (Å²) >= 11 is 0. The zero-order valence-electron chi connectivity index (χ0n) is 7.51. The molecular formula is C10H17NO. The van der Waals surface area contributed by atoms with E-state index in [1.54, 1.807) is 0 Å². The zero-order chi connectivity index (χ0) is 8.02. The molecule has 1 spiro atoms. The van der Waals surface area contributed by atoms with Crippen LogP contribution >= 0.6 is 0 Å². The van der Waals surface area contributed by atoms with Crippen molar-refractivity contribution >= 4 is 0 Å². The van der Waals surface area contributed by atoms with Crippen LogP contribution in [-0.4, -0.2) is 25.3 Å². The Kier molecular flexibility index (Phi) is 1.50. The summed E-state index contributed by atoms with van der Waals surface area (Å²) < 4.78 is 5.13. The van der Waals surface area contributed by atoms with Gasteiger partial charge in [0.25, 0.3) is 0 Å². The first-order valence-electron chi connectivity index (χ1n) is 5.20. The highest BCUT2D eigenvalue weighted by Gasteiger charge is 2.48. The van der Waals surface area contributed by atoms with Crippen LogP contribution < -0.4 is 5.32 Å². The van der Waals surface area contributed by atoms with E-state index in [0.29, 0.717) is 6.04 Å². The summed E-state index contributed by atoms with van der Waals surface area (Å²) in [6.07, 6.45) is 7.39. The molecule has 68 valence electrons. The fraction of sp³-hybridized carbons (Fsp3) is 1.00. The third-order valence-electron chi connectivity index (χ3n) is 3.88. The monoisotopic (exact) mass is 167 g/mol. The molecule has 3 fully saturated rings. The molecule has 2 aliphatic carbocycles. The summed E-state index contributed by atoms with van der Waals surface area (Å²) in [6.45, 7) is 1.90. The second kappa shape index (κ2) is 2.46. The van der Waals surface area contributed by atoms with Gasteiger partial charge in [-0.25, -0.2) is 0 Å². The molecule has 0 aromatic heterocycles. The Morgan fingerprint density at radius 1 is 1.08 bits per heavy atom. The minimum absolute atomic E-state index is 0.687. The predicted molar refractivity (Wildman–Crippen MR) is 47.0 cm³/mol. The highest BCUT2D eigenvalue weighted by Crippen LogP contribution is 2.55. The fourth-order valence-electron chi connectivity index (χ4n) is 2.85. The van der Waals surface area contributed by atoms with Gasteiger partial charge in [0.2, 0.25) is 0 Å². The lowest BCUT2D eigenvalue weighted by Crippen LogP contribution is -2.58. The Morgan fingerprint density at radius 2 is 1.83 bits per heavy atom. The van der Waals surface area contributed by atoms with E-state index in [-0.39, 0.29) is 0 Å². The average Bonchev–Trinajstić information content (AvgIpc) is 1.76. The van der Waals surface area contributed by atoms with E-state index in [1.165, 1.54) is 32.1 Å². The van der Waals surface area contributed by atoms with Gasteiger partial charge >= 0.3 is 0 Å². The van der Waals surface area contributed by atoms with Crippen molar-refractivity contribution in [1.29, 1.82) is 0 Å². The molecular weight excluding hydrogens is 150 g/mol. The summed E-state index contributed by atoms with van der Waals surface area (Å²) in [5.74, 6) is 0. The topological polar surface area (TPSA) is 21.3 Å². The molecule has 1 saturated heterocycles. The Labute approximate surface area is 73.7 Å². The van der Waals surface area contributed by atoms with E-state index < -0.39 is 0 Å². The molecule has 2 saturated carbocycles. The zero-order valence-corrected chi connectivity index (χ0v) is 7.51. The minimum Gasteiger partial charge on any atom is -0.378 e. The lowest BCUT2D eigenvalue weighted by atomic mass is 9.54. The molecule has 3 rings (SSSR count). The first-order valence-corrected chi connectivity index (χ1v) is 5.20. The van der Waals surface area contributed by atoms with Gasteiger partial charge in [-0.2, -0.15) is 0 Å². The van der Waals surface area contributed by atoms with E-state index >= 15 is 0 Å². The molecule has 12 heavy (non-hydrogen) atoms. The minimum atomic E-state index is 0.687. The molecule has 0 aromatic rings. The van der Waals surface area contributed by atoms with E-state index in [1.807, 2.05) is 0 Å². The van der Waals surface area contributed by atoms with Crippen molar-refractivity contribution < 1.29 is 4.74 Å². The van der Waals surface area contributed by atoms with Gasteiger partial charge in [0.15, 0.2) is 0 Å². The van der Waals surface area contributed by atoms with Crippen LogP contribution in [0.5, 0.6) is 0 Å². The summed E-state index contributed by atoms with van der Waals surface area (Å²) in [4.78, 5) is 0. The average molecular weight is 167 g/mol. The molecule has 0 amide bonds. The van der Waals surface area contributed by atoms with Crippen molar-refractivity contribution in [3.63, 3.8) is 0 Å². The molecule has 1 heterocycles. The Bertz CT molecular complexity index is 174. The standard InChI is InChI=1S/C10H17NO/c1-2-10(3-1)4-8(5-10)11-9-6-12-7-9/h8-9,11H,1-7H2. The van der Waals surface area contributed by atoms with Gasteiger partial charge in [-0.3, -0.25) is 0 Å². The third kappa shape index (κ3) is 1.01. The summed E-state index contributed by atoms with van der Waals surface area (Å²) in [5, 5.41) is 3.65. The van der Waals surface area contributed by atoms with Crippen LogP contribution in [0.4, 0.5) is 0 Å². The van der Waals surface area contributed by atoms with Crippen molar-refractivity contribution in [2.75, 3.05) is 13.2 Å². The largest absolute Gasteiger partial charge is 0.378 e. The molecule has 1 aliphatic heterocycles. The molecule has 3 aliphatic rings. The maximum Gasteiger partial charge on any atom is 0.0643 e. The third-order valence-corrected chi connectivity index (χ3v) is 3.88. The molecule has 0 aromatic carbocycles. The Hall–Kier alpha value is -0.0800. The van der Waals surface area contributed by atoms with Crippen LogP contribution in [0, 0.1) is 5.41 Å². The van der Waals surface area contributed by atoms with Crippen molar-refractivity contribution in [3.8, 4) is 0 Å². The maximum absolute atomic E-state index is 5.13. The van der Waals surface area contributed by atoms with Gasteiger partial charge in [-0.1, -0.05) is 6.42 Å². The smallest absolute Gasteiger partial charge is 0.0643 e. The maximum atomic E-state index is 5.13. The normalized spacial score (nSPS) is 34.0. The first kappa shape index (κ1) is 7.34. The van der Waals surface area contributed by atoms with Crippen molar-refractivity contribution in [2.45, 2.75) is 44.2 Å². The van der Waals surface area contributed by atoms with E-state index in [4.69, 9.17) is 4.74 Å². The van der Waals surface area contributed by atoms with E-state index in [0.717, 1.165) is 24.7 Å². The van der Waals surface area contributed by atoms with Gasteiger partial charge in [0, 0.05) is 6.04 Å². The molecule has 0 atom stereocenters. The molecule has 0 bridgehead atoms. The lowest BCUT2D eigenvalue weighted by Gasteiger charge is -2.55. The Morgan fingerprint density at radius 3 is 2.25 bits per heavy atom. The number of hydrogen-bond donors (Lipinski definition) is 1.